The van der Waals surface area contributed by atoms with Gasteiger partial charge in [0.15, 0.2) is 0 Å². The molecule has 78 valence electrons. The van der Waals surface area contributed by atoms with E-state index >= 15 is 0 Å². The minimum Gasteiger partial charge on any atom is -0.328 e. The lowest BCUT2D eigenvalue weighted by Crippen LogP contribution is -2.18. The van der Waals surface area contributed by atoms with Crippen molar-refractivity contribution in [3.05, 3.63) is 35.4 Å². The first-order valence-electron chi connectivity index (χ1n) is 5.24. The molecular formula is C13H21N. The van der Waals surface area contributed by atoms with E-state index in [0.717, 1.165) is 6.42 Å². The normalized spacial score (nSPS) is 14.1. The van der Waals surface area contributed by atoms with E-state index in [1.54, 1.807) is 0 Å². The van der Waals surface area contributed by atoms with Gasteiger partial charge in [-0.15, -0.1) is 0 Å². The lowest BCUT2D eigenvalue weighted by molar-refractivity contribution is 0.588. The molecule has 0 fully saturated rings. The van der Waals surface area contributed by atoms with Crippen LogP contribution in [0.25, 0.3) is 0 Å². The Kier molecular flexibility index (Phi) is 3.33. The fourth-order valence-electron chi connectivity index (χ4n) is 1.54. The lowest BCUT2D eigenvalue weighted by atomic mass is 9.86. The van der Waals surface area contributed by atoms with Gasteiger partial charge in [-0.2, -0.15) is 0 Å². The van der Waals surface area contributed by atoms with Gasteiger partial charge in [0.1, 0.15) is 0 Å². The second-order valence-electron chi connectivity index (χ2n) is 5.13. The summed E-state index contributed by atoms with van der Waals surface area (Å²) in [4.78, 5) is 0. The Labute approximate surface area is 87.3 Å². The molecule has 1 aromatic rings. The summed E-state index contributed by atoms with van der Waals surface area (Å²) in [5, 5.41) is 0. The molecule has 0 saturated carbocycles. The average Bonchev–Trinajstić information content (AvgIpc) is 2.01. The lowest BCUT2D eigenvalue weighted by Gasteiger charge is -2.20. The van der Waals surface area contributed by atoms with Crippen LogP contribution < -0.4 is 5.73 Å². The van der Waals surface area contributed by atoms with Crippen molar-refractivity contribution < 1.29 is 0 Å². The van der Waals surface area contributed by atoms with Gasteiger partial charge >= 0.3 is 0 Å². The molecule has 0 spiro atoms. The van der Waals surface area contributed by atoms with Crippen LogP contribution >= 0.6 is 0 Å². The highest BCUT2D eigenvalue weighted by Gasteiger charge is 2.13. The minimum atomic E-state index is 0.230. The Bertz CT molecular complexity index is 294. The summed E-state index contributed by atoms with van der Waals surface area (Å²) in [6.45, 7) is 8.75. The fourth-order valence-corrected chi connectivity index (χ4v) is 1.54. The summed E-state index contributed by atoms with van der Waals surface area (Å²) in [6, 6.07) is 8.97. The molecule has 0 heterocycles. The van der Waals surface area contributed by atoms with E-state index in [2.05, 4.69) is 45.0 Å². The van der Waals surface area contributed by atoms with Gasteiger partial charge in [-0.05, 0) is 29.9 Å². The zero-order valence-corrected chi connectivity index (χ0v) is 9.67. The van der Waals surface area contributed by atoms with Crippen molar-refractivity contribution in [2.75, 3.05) is 0 Å². The Hall–Kier alpha value is -0.820. The highest BCUT2D eigenvalue weighted by Crippen LogP contribution is 2.23. The van der Waals surface area contributed by atoms with Gasteiger partial charge in [-0.1, -0.05) is 45.0 Å². The molecule has 0 aliphatic heterocycles. The number of benzene rings is 1. The average molecular weight is 191 g/mol. The molecule has 1 nitrogen and oxygen atoms in total. The van der Waals surface area contributed by atoms with Crippen LogP contribution in [0.2, 0.25) is 0 Å². The fraction of sp³-hybridized carbons (Fsp3) is 0.538. The second kappa shape index (κ2) is 4.14. The number of hydrogen-bond acceptors (Lipinski definition) is 1. The van der Waals surface area contributed by atoms with Crippen LogP contribution in [-0.2, 0) is 11.8 Å². The summed E-state index contributed by atoms with van der Waals surface area (Å²) in [6.07, 6.45) is 0.962. The third-order valence-electron chi connectivity index (χ3n) is 2.35. The zero-order valence-electron chi connectivity index (χ0n) is 9.67. The van der Waals surface area contributed by atoms with Gasteiger partial charge in [0.2, 0.25) is 0 Å². The minimum absolute atomic E-state index is 0.230. The van der Waals surface area contributed by atoms with Crippen LogP contribution in [0.3, 0.4) is 0 Å². The van der Waals surface area contributed by atoms with Crippen molar-refractivity contribution in [2.24, 2.45) is 5.73 Å². The van der Waals surface area contributed by atoms with E-state index in [1.807, 2.05) is 6.92 Å². The van der Waals surface area contributed by atoms with Crippen molar-refractivity contribution >= 4 is 0 Å². The molecule has 14 heavy (non-hydrogen) atoms. The smallest absolute Gasteiger partial charge is 0.00509 e. The van der Waals surface area contributed by atoms with Gasteiger partial charge < -0.3 is 5.73 Å². The third kappa shape index (κ3) is 3.15. The predicted molar refractivity (Wildman–Crippen MR) is 62.5 cm³/mol. The van der Waals surface area contributed by atoms with E-state index in [4.69, 9.17) is 5.73 Å². The van der Waals surface area contributed by atoms with Crippen LogP contribution in [0, 0.1) is 0 Å². The monoisotopic (exact) mass is 191 g/mol. The Morgan fingerprint density at radius 3 is 2.43 bits per heavy atom. The summed E-state index contributed by atoms with van der Waals surface area (Å²) >= 11 is 0. The zero-order chi connectivity index (χ0) is 10.8. The highest BCUT2D eigenvalue weighted by atomic mass is 14.6. The summed E-state index contributed by atoms with van der Waals surface area (Å²) < 4.78 is 0. The first-order valence-corrected chi connectivity index (χ1v) is 5.24. The van der Waals surface area contributed by atoms with Crippen molar-refractivity contribution in [3.63, 3.8) is 0 Å². The van der Waals surface area contributed by atoms with E-state index in [-0.39, 0.29) is 11.5 Å². The molecule has 0 bridgehead atoms. The number of nitrogens with two attached hydrogens (primary N) is 1. The topological polar surface area (TPSA) is 26.0 Å². The first-order chi connectivity index (χ1) is 6.39. The standard InChI is InChI=1S/C13H21N/c1-10(14)8-11-6-5-7-12(9-11)13(2,3)4/h5-7,9-10H,8,14H2,1-4H3. The molecule has 1 aromatic carbocycles. The Morgan fingerprint density at radius 1 is 1.29 bits per heavy atom. The van der Waals surface area contributed by atoms with Crippen LogP contribution in [0.5, 0.6) is 0 Å². The second-order valence-corrected chi connectivity index (χ2v) is 5.13. The number of hydrogen-bond donors (Lipinski definition) is 1. The largest absolute Gasteiger partial charge is 0.328 e. The highest BCUT2D eigenvalue weighted by molar-refractivity contribution is 5.28. The van der Waals surface area contributed by atoms with Crippen LogP contribution in [0.4, 0.5) is 0 Å². The molecule has 0 amide bonds. The quantitative estimate of drug-likeness (QED) is 0.764. The molecule has 0 aromatic heterocycles. The van der Waals surface area contributed by atoms with E-state index < -0.39 is 0 Å². The molecule has 1 atom stereocenters. The first kappa shape index (κ1) is 11.3. The SMILES string of the molecule is CC(N)Cc1cccc(C(C)(C)C)c1. The molecule has 0 aliphatic carbocycles. The van der Waals surface area contributed by atoms with Crippen LogP contribution in [0.15, 0.2) is 24.3 Å². The molecule has 2 N–H and O–H groups in total. The van der Waals surface area contributed by atoms with Crippen molar-refractivity contribution in [2.45, 2.75) is 45.6 Å². The van der Waals surface area contributed by atoms with E-state index in [0.29, 0.717) is 0 Å². The maximum Gasteiger partial charge on any atom is 0.00509 e. The molecule has 1 unspecified atom stereocenters. The Balaban J connectivity index is 2.90. The van der Waals surface area contributed by atoms with Crippen LogP contribution in [0.1, 0.15) is 38.8 Å². The molecular weight excluding hydrogens is 170 g/mol. The van der Waals surface area contributed by atoms with Crippen LogP contribution in [-0.4, -0.2) is 6.04 Å². The summed E-state index contributed by atoms with van der Waals surface area (Å²) in [7, 11) is 0. The van der Waals surface area contributed by atoms with Crippen molar-refractivity contribution in [3.8, 4) is 0 Å². The summed E-state index contributed by atoms with van der Waals surface area (Å²) in [5.41, 5.74) is 8.74. The van der Waals surface area contributed by atoms with E-state index in [1.165, 1.54) is 11.1 Å². The molecule has 0 aliphatic rings. The van der Waals surface area contributed by atoms with Gasteiger partial charge in [0, 0.05) is 6.04 Å². The third-order valence-corrected chi connectivity index (χ3v) is 2.35. The molecule has 1 heteroatoms. The van der Waals surface area contributed by atoms with Crippen molar-refractivity contribution in [1.82, 2.24) is 0 Å². The predicted octanol–water partition coefficient (Wildman–Crippen LogP) is 2.87. The van der Waals surface area contributed by atoms with E-state index in [9.17, 15) is 0 Å². The summed E-state index contributed by atoms with van der Waals surface area (Å²) in [5.74, 6) is 0. The maximum atomic E-state index is 5.78. The maximum absolute atomic E-state index is 5.78. The van der Waals surface area contributed by atoms with Gasteiger partial charge in [0.05, 0.1) is 0 Å². The van der Waals surface area contributed by atoms with Crippen molar-refractivity contribution in [1.29, 1.82) is 0 Å². The molecule has 0 radical (unpaired) electrons. The van der Waals surface area contributed by atoms with Gasteiger partial charge in [-0.25, -0.2) is 0 Å². The number of rotatable bonds is 2. The van der Waals surface area contributed by atoms with Gasteiger partial charge in [-0.3, -0.25) is 0 Å². The Morgan fingerprint density at radius 2 is 1.93 bits per heavy atom. The molecule has 1 rings (SSSR count). The van der Waals surface area contributed by atoms with Gasteiger partial charge in [0.25, 0.3) is 0 Å². The molecule has 0 saturated heterocycles.